The molecule has 0 heterocycles. The third kappa shape index (κ3) is 3.72. The van der Waals surface area contributed by atoms with E-state index >= 15 is 0 Å². The highest BCUT2D eigenvalue weighted by atomic mass is 16.2. The second kappa shape index (κ2) is 7.17. The fourth-order valence-corrected chi connectivity index (χ4v) is 2.37. The number of aryl methyl sites for hydroxylation is 1. The summed E-state index contributed by atoms with van der Waals surface area (Å²) in [5.74, 6) is 0.102. The molecule has 0 fully saturated rings. The van der Waals surface area contributed by atoms with Crippen LogP contribution in [0.3, 0.4) is 0 Å². The lowest BCUT2D eigenvalue weighted by atomic mass is 10.1. The molecular formula is C16H26N2O. The van der Waals surface area contributed by atoms with Crippen LogP contribution in [0.5, 0.6) is 0 Å². The molecule has 1 aromatic carbocycles. The number of carbonyl (C=O) groups excluding carboxylic acids is 1. The molecule has 0 unspecified atom stereocenters. The summed E-state index contributed by atoms with van der Waals surface area (Å²) in [6.07, 6.45) is 1.97. The van der Waals surface area contributed by atoms with Crippen molar-refractivity contribution in [1.29, 1.82) is 0 Å². The summed E-state index contributed by atoms with van der Waals surface area (Å²) in [4.78, 5) is 14.5. The highest BCUT2D eigenvalue weighted by Gasteiger charge is 2.20. The molecule has 0 saturated heterocycles. The van der Waals surface area contributed by atoms with Crippen molar-refractivity contribution < 1.29 is 4.79 Å². The first-order valence-corrected chi connectivity index (χ1v) is 7.16. The van der Waals surface area contributed by atoms with Crippen molar-refractivity contribution >= 4 is 11.6 Å². The first-order valence-electron chi connectivity index (χ1n) is 7.16. The van der Waals surface area contributed by atoms with E-state index in [1.165, 1.54) is 0 Å². The van der Waals surface area contributed by atoms with E-state index in [-0.39, 0.29) is 5.91 Å². The SMILES string of the molecule is CCNc1cc(C)ccc1C(=O)N(C)C(CC)CC. The quantitative estimate of drug-likeness (QED) is 0.848. The lowest BCUT2D eigenvalue weighted by Gasteiger charge is -2.27. The summed E-state index contributed by atoms with van der Waals surface area (Å²) in [5.41, 5.74) is 2.87. The Morgan fingerprint density at radius 1 is 1.26 bits per heavy atom. The van der Waals surface area contributed by atoms with Gasteiger partial charge >= 0.3 is 0 Å². The van der Waals surface area contributed by atoms with Gasteiger partial charge in [-0.3, -0.25) is 4.79 Å². The summed E-state index contributed by atoms with van der Waals surface area (Å²) in [7, 11) is 1.90. The van der Waals surface area contributed by atoms with Gasteiger partial charge in [0.1, 0.15) is 0 Å². The molecule has 0 radical (unpaired) electrons. The zero-order chi connectivity index (χ0) is 14.4. The standard InChI is InChI=1S/C16H26N2O/c1-6-13(7-2)18(5)16(19)14-10-9-12(4)11-15(14)17-8-3/h9-11,13,17H,6-8H2,1-5H3. The zero-order valence-electron chi connectivity index (χ0n) is 12.8. The minimum atomic E-state index is 0.102. The number of nitrogens with one attached hydrogen (secondary N) is 1. The Kier molecular flexibility index (Phi) is 5.87. The first-order chi connectivity index (χ1) is 9.04. The average molecular weight is 262 g/mol. The second-order valence-electron chi connectivity index (χ2n) is 4.97. The number of rotatable bonds is 6. The molecule has 106 valence electrons. The third-order valence-electron chi connectivity index (χ3n) is 3.58. The van der Waals surface area contributed by atoms with Gasteiger partial charge in [-0.05, 0) is 44.4 Å². The maximum atomic E-state index is 12.6. The number of benzene rings is 1. The fourth-order valence-electron chi connectivity index (χ4n) is 2.37. The van der Waals surface area contributed by atoms with Crippen LogP contribution in [0.1, 0.15) is 49.5 Å². The van der Waals surface area contributed by atoms with Gasteiger partial charge in [0.05, 0.1) is 5.56 Å². The third-order valence-corrected chi connectivity index (χ3v) is 3.58. The summed E-state index contributed by atoms with van der Waals surface area (Å²) >= 11 is 0. The van der Waals surface area contributed by atoms with Crippen molar-refractivity contribution in [2.24, 2.45) is 0 Å². The van der Waals surface area contributed by atoms with Crippen molar-refractivity contribution in [2.45, 2.75) is 46.6 Å². The molecule has 0 aliphatic rings. The Hall–Kier alpha value is -1.51. The van der Waals surface area contributed by atoms with E-state index in [0.717, 1.165) is 36.2 Å². The maximum Gasteiger partial charge on any atom is 0.255 e. The molecule has 0 spiro atoms. The van der Waals surface area contributed by atoms with E-state index in [0.29, 0.717) is 6.04 Å². The van der Waals surface area contributed by atoms with Crippen LogP contribution in [0.15, 0.2) is 18.2 Å². The lowest BCUT2D eigenvalue weighted by Crippen LogP contribution is -2.36. The van der Waals surface area contributed by atoms with Crippen LogP contribution >= 0.6 is 0 Å². The van der Waals surface area contributed by atoms with Gasteiger partial charge in [0.15, 0.2) is 0 Å². The smallest absolute Gasteiger partial charge is 0.255 e. The van der Waals surface area contributed by atoms with Crippen LogP contribution in [0.25, 0.3) is 0 Å². The number of carbonyl (C=O) groups is 1. The van der Waals surface area contributed by atoms with Crippen LogP contribution < -0.4 is 5.32 Å². The Morgan fingerprint density at radius 3 is 2.42 bits per heavy atom. The number of amides is 1. The van der Waals surface area contributed by atoms with E-state index in [2.05, 4.69) is 19.2 Å². The van der Waals surface area contributed by atoms with Crippen molar-refractivity contribution in [1.82, 2.24) is 4.90 Å². The number of hydrogen-bond acceptors (Lipinski definition) is 2. The van der Waals surface area contributed by atoms with E-state index in [1.807, 2.05) is 44.0 Å². The molecule has 0 bridgehead atoms. The van der Waals surface area contributed by atoms with E-state index < -0.39 is 0 Å². The molecule has 19 heavy (non-hydrogen) atoms. The summed E-state index contributed by atoms with van der Waals surface area (Å²) < 4.78 is 0. The lowest BCUT2D eigenvalue weighted by molar-refractivity contribution is 0.0724. The predicted octanol–water partition coefficient (Wildman–Crippen LogP) is 3.69. The van der Waals surface area contributed by atoms with Crippen molar-refractivity contribution in [3.8, 4) is 0 Å². The molecule has 0 aliphatic carbocycles. The largest absolute Gasteiger partial charge is 0.385 e. The first kappa shape index (κ1) is 15.5. The van der Waals surface area contributed by atoms with Crippen molar-refractivity contribution in [3.05, 3.63) is 29.3 Å². The van der Waals surface area contributed by atoms with Gasteiger partial charge in [-0.2, -0.15) is 0 Å². The summed E-state index contributed by atoms with van der Waals surface area (Å²) in [6, 6.07) is 6.27. The second-order valence-corrected chi connectivity index (χ2v) is 4.97. The van der Waals surface area contributed by atoms with Gasteiger partial charge in [0.2, 0.25) is 0 Å². The van der Waals surface area contributed by atoms with Crippen molar-refractivity contribution in [2.75, 3.05) is 18.9 Å². The number of nitrogens with zero attached hydrogens (tertiary/aromatic N) is 1. The molecule has 0 aliphatic heterocycles. The Labute approximate surface area is 117 Å². The predicted molar refractivity (Wildman–Crippen MR) is 81.8 cm³/mol. The normalized spacial score (nSPS) is 10.6. The number of anilines is 1. The molecule has 1 amide bonds. The maximum absolute atomic E-state index is 12.6. The van der Waals surface area contributed by atoms with Crippen LogP contribution in [-0.2, 0) is 0 Å². The Balaban J connectivity index is 3.04. The summed E-state index contributed by atoms with van der Waals surface area (Å²) in [6.45, 7) is 9.15. The van der Waals surface area contributed by atoms with Crippen LogP contribution in [0, 0.1) is 6.92 Å². The average Bonchev–Trinajstić information content (AvgIpc) is 2.40. The minimum Gasteiger partial charge on any atom is -0.385 e. The van der Waals surface area contributed by atoms with Gasteiger partial charge in [-0.1, -0.05) is 19.9 Å². The van der Waals surface area contributed by atoms with Crippen molar-refractivity contribution in [3.63, 3.8) is 0 Å². The Bertz CT molecular complexity index is 425. The summed E-state index contributed by atoms with van der Waals surface area (Å²) in [5, 5.41) is 3.28. The highest BCUT2D eigenvalue weighted by Crippen LogP contribution is 2.21. The molecular weight excluding hydrogens is 236 g/mol. The van der Waals surface area contributed by atoms with Gasteiger partial charge in [0, 0.05) is 25.3 Å². The fraction of sp³-hybridized carbons (Fsp3) is 0.562. The van der Waals surface area contributed by atoms with Crippen LogP contribution in [0.4, 0.5) is 5.69 Å². The topological polar surface area (TPSA) is 32.3 Å². The molecule has 0 atom stereocenters. The number of hydrogen-bond donors (Lipinski definition) is 1. The Morgan fingerprint density at radius 2 is 1.89 bits per heavy atom. The zero-order valence-corrected chi connectivity index (χ0v) is 12.8. The highest BCUT2D eigenvalue weighted by molar-refractivity contribution is 5.99. The molecule has 1 N–H and O–H groups in total. The molecule has 0 saturated carbocycles. The van der Waals surface area contributed by atoms with Crippen LogP contribution in [-0.4, -0.2) is 30.4 Å². The monoisotopic (exact) mass is 262 g/mol. The van der Waals surface area contributed by atoms with Crippen LogP contribution in [0.2, 0.25) is 0 Å². The molecule has 1 rings (SSSR count). The molecule has 3 nitrogen and oxygen atoms in total. The van der Waals surface area contributed by atoms with E-state index in [9.17, 15) is 4.79 Å². The molecule has 0 aromatic heterocycles. The van der Waals surface area contributed by atoms with Gasteiger partial charge in [0.25, 0.3) is 5.91 Å². The van der Waals surface area contributed by atoms with E-state index in [4.69, 9.17) is 0 Å². The van der Waals surface area contributed by atoms with E-state index in [1.54, 1.807) is 0 Å². The molecule has 3 heteroatoms. The van der Waals surface area contributed by atoms with Gasteiger partial charge < -0.3 is 10.2 Å². The minimum absolute atomic E-state index is 0.102. The van der Waals surface area contributed by atoms with Gasteiger partial charge in [-0.15, -0.1) is 0 Å². The molecule has 1 aromatic rings. The van der Waals surface area contributed by atoms with Gasteiger partial charge in [-0.25, -0.2) is 0 Å².